The van der Waals surface area contributed by atoms with Crippen LogP contribution in [0.4, 0.5) is 10.1 Å². The Morgan fingerprint density at radius 1 is 1.06 bits per heavy atom. The van der Waals surface area contributed by atoms with Crippen LogP contribution >= 0.6 is 0 Å². The Hall–Kier alpha value is -3.45. The fourth-order valence-corrected chi connectivity index (χ4v) is 4.01. The first kappa shape index (κ1) is 21.8. The van der Waals surface area contributed by atoms with Gasteiger partial charge in [-0.2, -0.15) is 0 Å². The lowest BCUT2D eigenvalue weighted by Gasteiger charge is -2.40. The number of ether oxygens (including phenoxy) is 1. The molecule has 1 amide bonds. The van der Waals surface area contributed by atoms with Crippen molar-refractivity contribution in [3.8, 4) is 5.75 Å². The van der Waals surface area contributed by atoms with Gasteiger partial charge in [-0.3, -0.25) is 14.7 Å². The highest BCUT2D eigenvalue weighted by molar-refractivity contribution is 5.94. The molecule has 0 radical (unpaired) electrons. The van der Waals surface area contributed by atoms with Crippen molar-refractivity contribution in [3.05, 3.63) is 90.0 Å². The van der Waals surface area contributed by atoms with E-state index in [-0.39, 0.29) is 17.8 Å². The van der Waals surface area contributed by atoms with E-state index in [1.54, 1.807) is 13.3 Å². The summed E-state index contributed by atoms with van der Waals surface area (Å²) in [7, 11) is 1.67. The van der Waals surface area contributed by atoms with Crippen molar-refractivity contribution in [3.63, 3.8) is 0 Å². The van der Waals surface area contributed by atoms with E-state index in [0.29, 0.717) is 12.1 Å². The van der Waals surface area contributed by atoms with Gasteiger partial charge in [0.05, 0.1) is 13.2 Å². The van der Waals surface area contributed by atoms with E-state index in [2.05, 4.69) is 32.2 Å². The fraction of sp³-hybridized carbons (Fsp3) is 0.280. The molecule has 1 aromatic heterocycles. The van der Waals surface area contributed by atoms with Crippen LogP contribution in [-0.2, 0) is 0 Å². The first-order chi connectivity index (χ1) is 15.6. The van der Waals surface area contributed by atoms with E-state index >= 15 is 0 Å². The number of hydrogen-bond donors (Lipinski definition) is 1. The molecule has 6 nitrogen and oxygen atoms in total. The van der Waals surface area contributed by atoms with Crippen molar-refractivity contribution in [1.29, 1.82) is 0 Å². The van der Waals surface area contributed by atoms with Crippen LogP contribution in [0.15, 0.2) is 73.1 Å². The first-order valence-corrected chi connectivity index (χ1v) is 10.7. The van der Waals surface area contributed by atoms with Crippen molar-refractivity contribution in [2.45, 2.75) is 6.04 Å². The molecule has 0 saturated carbocycles. The number of anilines is 1. The third kappa shape index (κ3) is 5.23. The highest BCUT2D eigenvalue weighted by Gasteiger charge is 2.26. The van der Waals surface area contributed by atoms with Crippen LogP contribution in [0, 0.1) is 5.82 Å². The lowest BCUT2D eigenvalue weighted by Crippen LogP contribution is -2.50. The predicted octanol–water partition coefficient (Wildman–Crippen LogP) is 3.52. The Morgan fingerprint density at radius 3 is 2.41 bits per heavy atom. The molecule has 1 aliphatic rings. The predicted molar refractivity (Wildman–Crippen MR) is 122 cm³/mol. The van der Waals surface area contributed by atoms with E-state index in [1.807, 2.05) is 30.5 Å². The summed E-state index contributed by atoms with van der Waals surface area (Å²) in [6, 6.07) is 17.7. The molecule has 0 aliphatic carbocycles. The maximum atomic E-state index is 13.2. The average molecular weight is 435 g/mol. The number of carbonyl (C=O) groups excluding carboxylic acids is 1. The molecule has 0 unspecified atom stereocenters. The molecule has 1 aliphatic heterocycles. The number of nitrogens with zero attached hydrogens (tertiary/aromatic N) is 3. The molecule has 1 fully saturated rings. The van der Waals surface area contributed by atoms with Crippen LogP contribution in [0.5, 0.6) is 5.75 Å². The van der Waals surface area contributed by atoms with E-state index in [1.165, 1.54) is 30.0 Å². The Labute approximate surface area is 187 Å². The van der Waals surface area contributed by atoms with Gasteiger partial charge in [-0.15, -0.1) is 0 Å². The number of nitrogens with one attached hydrogen (secondary N) is 1. The third-order valence-electron chi connectivity index (χ3n) is 5.82. The maximum Gasteiger partial charge on any atom is 0.251 e. The molecule has 0 spiro atoms. The Bertz CT molecular complexity index is 1000. The summed E-state index contributed by atoms with van der Waals surface area (Å²) in [4.78, 5) is 21.6. The molecule has 3 aromatic rings. The molecule has 166 valence electrons. The molecule has 4 rings (SSSR count). The van der Waals surface area contributed by atoms with Crippen molar-refractivity contribution in [1.82, 2.24) is 15.2 Å². The second-order valence-corrected chi connectivity index (χ2v) is 7.74. The highest BCUT2D eigenvalue weighted by atomic mass is 19.1. The maximum absolute atomic E-state index is 13.2. The zero-order chi connectivity index (χ0) is 22.3. The largest absolute Gasteiger partial charge is 0.497 e. The van der Waals surface area contributed by atoms with E-state index in [4.69, 9.17) is 4.74 Å². The van der Waals surface area contributed by atoms with Gasteiger partial charge >= 0.3 is 0 Å². The zero-order valence-corrected chi connectivity index (χ0v) is 18.1. The summed E-state index contributed by atoms with van der Waals surface area (Å²) in [5.74, 6) is 0.279. The van der Waals surface area contributed by atoms with E-state index in [9.17, 15) is 9.18 Å². The number of methoxy groups -OCH3 is 1. The van der Waals surface area contributed by atoms with Crippen molar-refractivity contribution >= 4 is 11.6 Å². The number of benzene rings is 2. The van der Waals surface area contributed by atoms with Crippen molar-refractivity contribution < 1.29 is 13.9 Å². The normalized spacial score (nSPS) is 15.2. The van der Waals surface area contributed by atoms with Crippen molar-refractivity contribution in [2.24, 2.45) is 0 Å². The lowest BCUT2D eigenvalue weighted by atomic mass is 10.1. The van der Waals surface area contributed by atoms with Crippen LogP contribution in [0.3, 0.4) is 0 Å². The lowest BCUT2D eigenvalue weighted by molar-refractivity contribution is 0.0930. The average Bonchev–Trinajstić information content (AvgIpc) is 2.85. The van der Waals surface area contributed by atoms with Gasteiger partial charge in [-0.25, -0.2) is 4.39 Å². The summed E-state index contributed by atoms with van der Waals surface area (Å²) >= 11 is 0. The van der Waals surface area contributed by atoms with Gasteiger partial charge in [0, 0.05) is 56.4 Å². The second-order valence-electron chi connectivity index (χ2n) is 7.74. The van der Waals surface area contributed by atoms with Crippen LogP contribution < -0.4 is 15.0 Å². The standard InChI is InChI=1S/C25H27FN4O2/c1-32-23-10-8-22(9-11-23)29-13-15-30(16-14-29)24(20-3-2-12-27-17-20)18-28-25(31)19-4-6-21(26)7-5-19/h2-12,17,24H,13-16,18H2,1H3,(H,28,31)/t24-/m0/s1. The van der Waals surface area contributed by atoms with Gasteiger partial charge in [-0.1, -0.05) is 6.07 Å². The number of aromatic nitrogens is 1. The molecule has 1 saturated heterocycles. The Balaban J connectivity index is 1.42. The molecule has 32 heavy (non-hydrogen) atoms. The Morgan fingerprint density at radius 2 is 1.78 bits per heavy atom. The number of rotatable bonds is 7. The number of amides is 1. The third-order valence-corrected chi connectivity index (χ3v) is 5.82. The molecule has 2 aromatic carbocycles. The van der Waals surface area contributed by atoms with Gasteiger partial charge in [0.15, 0.2) is 0 Å². The monoisotopic (exact) mass is 434 g/mol. The molecule has 0 bridgehead atoms. The SMILES string of the molecule is COc1ccc(N2CCN([C@@H](CNC(=O)c3ccc(F)cc3)c3cccnc3)CC2)cc1. The summed E-state index contributed by atoms with van der Waals surface area (Å²) in [6.07, 6.45) is 3.60. The van der Waals surface area contributed by atoms with Crippen LogP contribution in [0.1, 0.15) is 22.0 Å². The minimum Gasteiger partial charge on any atom is -0.497 e. The first-order valence-electron chi connectivity index (χ1n) is 10.7. The van der Waals surface area contributed by atoms with Gasteiger partial charge in [-0.05, 0) is 60.2 Å². The Kier molecular flexibility index (Phi) is 6.97. The number of hydrogen-bond acceptors (Lipinski definition) is 5. The zero-order valence-electron chi connectivity index (χ0n) is 18.1. The fourth-order valence-electron chi connectivity index (χ4n) is 4.01. The number of carbonyl (C=O) groups is 1. The summed E-state index contributed by atoms with van der Waals surface area (Å²) in [5, 5.41) is 3.01. The van der Waals surface area contributed by atoms with Gasteiger partial charge in [0.1, 0.15) is 11.6 Å². The van der Waals surface area contributed by atoms with Gasteiger partial charge in [0.2, 0.25) is 0 Å². The molecule has 7 heteroatoms. The molecular formula is C25H27FN4O2. The number of halogens is 1. The van der Waals surface area contributed by atoms with Crippen LogP contribution in [0.2, 0.25) is 0 Å². The molecular weight excluding hydrogens is 407 g/mol. The summed E-state index contributed by atoms with van der Waals surface area (Å²) < 4.78 is 18.4. The quantitative estimate of drug-likeness (QED) is 0.617. The number of piperazine rings is 1. The van der Waals surface area contributed by atoms with Gasteiger partial charge in [0.25, 0.3) is 5.91 Å². The molecule has 1 atom stereocenters. The number of pyridine rings is 1. The van der Waals surface area contributed by atoms with Crippen LogP contribution in [0.25, 0.3) is 0 Å². The van der Waals surface area contributed by atoms with Crippen molar-refractivity contribution in [2.75, 3.05) is 44.7 Å². The second kappa shape index (κ2) is 10.2. The van der Waals surface area contributed by atoms with Gasteiger partial charge < -0.3 is 15.0 Å². The van der Waals surface area contributed by atoms with Crippen LogP contribution in [-0.4, -0.2) is 55.6 Å². The topological polar surface area (TPSA) is 57.7 Å². The molecule has 1 N–H and O–H groups in total. The highest BCUT2D eigenvalue weighted by Crippen LogP contribution is 2.25. The smallest absolute Gasteiger partial charge is 0.251 e. The minimum atomic E-state index is -0.357. The summed E-state index contributed by atoms with van der Waals surface area (Å²) in [6.45, 7) is 3.93. The molecule has 2 heterocycles. The minimum absolute atomic E-state index is 0.00566. The van der Waals surface area contributed by atoms with E-state index in [0.717, 1.165) is 37.5 Å². The van der Waals surface area contributed by atoms with E-state index < -0.39 is 0 Å². The summed E-state index contributed by atoms with van der Waals surface area (Å²) in [5.41, 5.74) is 2.68.